The number of piperazine rings is 1. The van der Waals surface area contributed by atoms with Crippen LogP contribution in [0.1, 0.15) is 100 Å². The largest absolute Gasteiger partial charge is 0.372 e. The Morgan fingerprint density at radius 1 is 0.685 bits per heavy atom. The van der Waals surface area contributed by atoms with E-state index in [1.807, 2.05) is 7.05 Å². The van der Waals surface area contributed by atoms with Gasteiger partial charge in [0.25, 0.3) is 0 Å². The predicted molar refractivity (Wildman–Crippen MR) is 233 cm³/mol. The van der Waals surface area contributed by atoms with Gasteiger partial charge < -0.3 is 29.7 Å². The molecule has 10 nitrogen and oxygen atoms in total. The van der Waals surface area contributed by atoms with Crippen LogP contribution in [-0.2, 0) is 4.74 Å². The van der Waals surface area contributed by atoms with Crippen LogP contribution < -0.4 is 5.32 Å². The molecule has 10 heteroatoms. The third kappa shape index (κ3) is 15.4. The van der Waals surface area contributed by atoms with Gasteiger partial charge in [0.2, 0.25) is 0 Å². The number of nitrogens with zero attached hydrogens (tertiary/aromatic N) is 8. The van der Waals surface area contributed by atoms with Gasteiger partial charge in [-0.05, 0) is 162 Å². The average Bonchev–Trinajstić information content (AvgIpc) is 3.78. The molecule has 0 bridgehead atoms. The molecule has 0 amide bonds. The highest BCUT2D eigenvalue weighted by Crippen LogP contribution is 2.30. The van der Waals surface area contributed by atoms with E-state index in [1.54, 1.807) is 0 Å². The Morgan fingerprint density at radius 2 is 1.31 bits per heavy atom. The van der Waals surface area contributed by atoms with Crippen LogP contribution in [0.4, 0.5) is 0 Å². The van der Waals surface area contributed by atoms with Crippen molar-refractivity contribution < 1.29 is 4.74 Å². The van der Waals surface area contributed by atoms with Crippen LogP contribution in [0, 0.1) is 5.92 Å². The predicted octanol–water partition coefficient (Wildman–Crippen LogP) is 4.65. The maximum absolute atomic E-state index is 6.07. The minimum Gasteiger partial charge on any atom is -0.372 e. The lowest BCUT2D eigenvalue weighted by atomic mass is 9.89. The molecule has 0 saturated carbocycles. The first-order valence-electron chi connectivity index (χ1n) is 22.6. The summed E-state index contributed by atoms with van der Waals surface area (Å²) in [6.07, 6.45) is 9.31. The van der Waals surface area contributed by atoms with Crippen LogP contribution >= 0.6 is 0 Å². The summed E-state index contributed by atoms with van der Waals surface area (Å²) < 4.78 is 6.07. The SMILES string of the molecule is CC(C)N1CCC[C@@H](CN(C)C)C1.CC(C)N1CCN2CCC(N(C)C)C2C1.CC(C)N1CCOC2(CCN(C)CC2)C1.CNC[C@H]1CCCN1C(C)C. The minimum absolute atomic E-state index is 0.176. The van der Waals surface area contributed by atoms with Crippen LogP contribution in [0.3, 0.4) is 0 Å². The molecule has 6 heterocycles. The molecule has 6 aliphatic heterocycles. The first-order valence-corrected chi connectivity index (χ1v) is 22.6. The molecular formula is C44H93N9O. The van der Waals surface area contributed by atoms with Gasteiger partial charge in [-0.15, -0.1) is 0 Å². The van der Waals surface area contributed by atoms with E-state index in [0.717, 1.165) is 62.4 Å². The van der Waals surface area contributed by atoms with Crippen molar-refractivity contribution in [1.29, 1.82) is 0 Å². The van der Waals surface area contributed by atoms with Gasteiger partial charge in [0.05, 0.1) is 12.2 Å². The molecule has 2 unspecified atom stereocenters. The molecule has 6 aliphatic rings. The summed E-state index contributed by atoms with van der Waals surface area (Å²) in [5.41, 5.74) is 0.176. The van der Waals surface area contributed by atoms with E-state index in [2.05, 4.69) is 135 Å². The maximum Gasteiger partial charge on any atom is 0.0833 e. The number of likely N-dealkylation sites (tertiary alicyclic amines) is 3. The van der Waals surface area contributed by atoms with Crippen LogP contribution in [0.5, 0.6) is 0 Å². The third-order valence-electron chi connectivity index (χ3n) is 13.5. The Balaban J connectivity index is 0.000000195. The van der Waals surface area contributed by atoms with Crippen molar-refractivity contribution in [3.05, 3.63) is 0 Å². The lowest BCUT2D eigenvalue weighted by Gasteiger charge is -2.47. The van der Waals surface area contributed by atoms with Crippen molar-refractivity contribution in [2.45, 2.75) is 148 Å². The second-order valence-corrected chi connectivity index (χ2v) is 19.5. The molecule has 0 aromatic rings. The number of likely N-dealkylation sites (N-methyl/N-ethyl adjacent to an activating group) is 2. The normalized spacial score (nSPS) is 29.1. The van der Waals surface area contributed by atoms with Crippen LogP contribution in [0.15, 0.2) is 0 Å². The first-order chi connectivity index (χ1) is 25.6. The molecule has 6 rings (SSSR count). The lowest BCUT2D eigenvalue weighted by molar-refractivity contribution is -0.139. The van der Waals surface area contributed by atoms with Crippen LogP contribution in [0.25, 0.3) is 0 Å². The van der Waals surface area contributed by atoms with E-state index in [1.165, 1.54) is 110 Å². The molecule has 320 valence electrons. The van der Waals surface area contributed by atoms with E-state index in [9.17, 15) is 0 Å². The second-order valence-electron chi connectivity index (χ2n) is 19.5. The molecule has 0 aliphatic carbocycles. The van der Waals surface area contributed by atoms with E-state index >= 15 is 0 Å². The van der Waals surface area contributed by atoms with Gasteiger partial charge in [-0.1, -0.05) is 0 Å². The van der Waals surface area contributed by atoms with Gasteiger partial charge in [-0.3, -0.25) is 19.6 Å². The minimum atomic E-state index is 0.176. The zero-order valence-electron chi connectivity index (χ0n) is 38.5. The highest BCUT2D eigenvalue weighted by molar-refractivity contribution is 4.97. The number of rotatable bonds is 9. The van der Waals surface area contributed by atoms with Gasteiger partial charge >= 0.3 is 0 Å². The zero-order valence-corrected chi connectivity index (χ0v) is 38.5. The summed E-state index contributed by atoms with van der Waals surface area (Å²) in [6.45, 7) is 35.3. The summed E-state index contributed by atoms with van der Waals surface area (Å²) in [6, 6.07) is 5.14. The fourth-order valence-electron chi connectivity index (χ4n) is 9.94. The number of morpholine rings is 1. The number of piperidine rings is 2. The van der Waals surface area contributed by atoms with Gasteiger partial charge in [-0.2, -0.15) is 0 Å². The number of fused-ring (bicyclic) bond motifs is 1. The monoisotopic (exact) mass is 764 g/mol. The number of nitrogens with one attached hydrogen (secondary N) is 1. The van der Waals surface area contributed by atoms with E-state index in [4.69, 9.17) is 4.74 Å². The fourth-order valence-corrected chi connectivity index (χ4v) is 9.94. The Bertz CT molecular complexity index is 985. The second kappa shape index (κ2) is 23.9. The third-order valence-corrected chi connectivity index (χ3v) is 13.5. The summed E-state index contributed by atoms with van der Waals surface area (Å²) in [7, 11) is 13.0. The highest BCUT2D eigenvalue weighted by atomic mass is 16.5. The summed E-state index contributed by atoms with van der Waals surface area (Å²) in [5.74, 6) is 0.895. The van der Waals surface area contributed by atoms with Crippen molar-refractivity contribution in [2.24, 2.45) is 5.92 Å². The standard InChI is InChI=1S/C12H25N3.C12H24N2O.C11H24N2.C9H20N2/c1-10(2)15-8-7-14-6-5-11(13(3)4)12(14)9-15;1-11(2)14-8-9-15-12(10-14)4-6-13(3)7-5-12;1-10(2)13-7-5-6-11(9-13)8-12(3)4;1-8(2)11-6-4-5-9(11)7-10-3/h10-12H,5-9H2,1-4H3;11H,4-10H2,1-3H3;10-11H,5-9H2,1-4H3;8-10H,4-7H2,1-3H3/t;;11-;9-/m..01/s1. The van der Waals surface area contributed by atoms with Crippen LogP contribution in [-0.4, -0.2) is 221 Å². The topological polar surface area (TPSA) is 47.2 Å². The Kier molecular flexibility index (Phi) is 21.2. The number of ether oxygens (including phenoxy) is 1. The van der Waals surface area contributed by atoms with Crippen LogP contribution in [0.2, 0.25) is 0 Å². The maximum atomic E-state index is 6.07. The zero-order chi connectivity index (χ0) is 40.0. The lowest BCUT2D eigenvalue weighted by Crippen LogP contribution is -2.57. The molecule has 0 radical (unpaired) electrons. The Morgan fingerprint density at radius 3 is 1.89 bits per heavy atom. The highest BCUT2D eigenvalue weighted by Gasteiger charge is 2.40. The molecule has 6 fully saturated rings. The quantitative estimate of drug-likeness (QED) is 0.360. The van der Waals surface area contributed by atoms with Gasteiger partial charge in [-0.25, -0.2) is 0 Å². The van der Waals surface area contributed by atoms with Crippen molar-refractivity contribution in [3.63, 3.8) is 0 Å². The van der Waals surface area contributed by atoms with E-state index < -0.39 is 0 Å². The Hall–Kier alpha value is -0.400. The van der Waals surface area contributed by atoms with Crippen molar-refractivity contribution >= 4 is 0 Å². The van der Waals surface area contributed by atoms with Gasteiger partial charge in [0.1, 0.15) is 0 Å². The average molecular weight is 764 g/mol. The van der Waals surface area contributed by atoms with Crippen molar-refractivity contribution in [3.8, 4) is 0 Å². The van der Waals surface area contributed by atoms with E-state index in [0.29, 0.717) is 12.1 Å². The molecule has 0 aromatic carbocycles. The number of hydrogen-bond donors (Lipinski definition) is 1. The molecule has 1 N–H and O–H groups in total. The Labute approximate surface area is 336 Å². The molecule has 54 heavy (non-hydrogen) atoms. The van der Waals surface area contributed by atoms with Gasteiger partial charge in [0, 0.05) is 114 Å². The number of hydrogen-bond acceptors (Lipinski definition) is 10. The summed E-state index contributed by atoms with van der Waals surface area (Å²) in [5, 5.41) is 3.25. The molecular weight excluding hydrogens is 671 g/mol. The summed E-state index contributed by atoms with van der Waals surface area (Å²) >= 11 is 0. The molecule has 6 saturated heterocycles. The van der Waals surface area contributed by atoms with Gasteiger partial charge in [0.15, 0.2) is 0 Å². The van der Waals surface area contributed by atoms with E-state index in [-0.39, 0.29) is 5.60 Å². The van der Waals surface area contributed by atoms with Crippen molar-refractivity contribution in [1.82, 2.24) is 44.5 Å². The molecule has 0 aromatic heterocycles. The summed E-state index contributed by atoms with van der Waals surface area (Å²) in [4.78, 5) is 20.2. The first kappa shape index (κ1) is 48.0. The van der Waals surface area contributed by atoms with Crippen molar-refractivity contribution in [2.75, 3.05) is 134 Å². The molecule has 4 atom stereocenters. The fraction of sp³-hybridized carbons (Fsp3) is 1.00. The molecule has 1 spiro atoms. The smallest absolute Gasteiger partial charge is 0.0833 e.